The van der Waals surface area contributed by atoms with Crippen LogP contribution >= 0.6 is 0 Å². The van der Waals surface area contributed by atoms with E-state index < -0.39 is 28.0 Å². The Bertz CT molecular complexity index is 1710. The zero-order chi connectivity index (χ0) is 28.4. The molecule has 1 aliphatic heterocycles. The molecule has 10 nitrogen and oxygen atoms in total. The van der Waals surface area contributed by atoms with Gasteiger partial charge in [-0.05, 0) is 35.1 Å². The van der Waals surface area contributed by atoms with Gasteiger partial charge in [-0.25, -0.2) is 32.2 Å². The van der Waals surface area contributed by atoms with Crippen molar-refractivity contribution in [3.05, 3.63) is 54.6 Å². The Kier molecular flexibility index (Phi) is 6.26. The molecule has 6 rings (SSSR count). The number of halogens is 2. The van der Waals surface area contributed by atoms with Gasteiger partial charge >= 0.3 is 0 Å². The van der Waals surface area contributed by atoms with E-state index in [-0.39, 0.29) is 24.0 Å². The molecule has 4 heterocycles. The number of benzene rings is 1. The first-order valence-corrected chi connectivity index (χ1v) is 15.1. The first-order valence-electron chi connectivity index (χ1n) is 13.0. The van der Waals surface area contributed by atoms with Crippen LogP contribution in [0.1, 0.15) is 37.8 Å². The molecule has 0 spiro atoms. The highest BCUT2D eigenvalue weighted by Crippen LogP contribution is 2.52. The first kappa shape index (κ1) is 26.5. The zero-order valence-electron chi connectivity index (χ0n) is 22.3. The van der Waals surface area contributed by atoms with Crippen molar-refractivity contribution < 1.29 is 17.2 Å². The van der Waals surface area contributed by atoms with Crippen LogP contribution in [0.25, 0.3) is 22.2 Å². The van der Waals surface area contributed by atoms with Crippen molar-refractivity contribution in [2.45, 2.75) is 44.3 Å². The topological polar surface area (TPSA) is 132 Å². The number of pyridine rings is 1. The molecule has 3 aromatic heterocycles. The molecule has 13 heteroatoms. The van der Waals surface area contributed by atoms with Crippen molar-refractivity contribution in [2.75, 3.05) is 28.8 Å². The number of alkyl halides is 2. The monoisotopic (exact) mass is 568 g/mol. The predicted molar refractivity (Wildman–Crippen MR) is 149 cm³/mol. The average Bonchev–Trinajstić information content (AvgIpc) is 3.28. The number of anilines is 3. The Morgan fingerprint density at radius 2 is 1.93 bits per heavy atom. The van der Waals surface area contributed by atoms with Gasteiger partial charge < -0.3 is 16.0 Å². The standard InChI is InChI=1S/C27H30F2N8O2S/c1-15(2)18-4-5-21(36-12-17(25(36)30)14-40(3,38)39)20-11-32-24(8-19(18)20)34-23-6-7-31-26(35-23)16-10-33-37(13-16)22-9-27(22,28)29/h4-8,10-11,13,15,17,22,25H,9,12,14,30H2,1-3H3,(H,31,32,34,35)/t17-,22?,25+/m1/s1. The molecule has 1 saturated carbocycles. The van der Waals surface area contributed by atoms with Crippen LogP contribution in [0.2, 0.25) is 0 Å². The van der Waals surface area contributed by atoms with E-state index in [9.17, 15) is 17.2 Å². The number of nitrogens with one attached hydrogen (secondary N) is 1. The number of hydrogen-bond acceptors (Lipinski definition) is 9. The number of hydrogen-bond donors (Lipinski definition) is 2. The summed E-state index contributed by atoms with van der Waals surface area (Å²) in [6.07, 6.45) is 7.03. The summed E-state index contributed by atoms with van der Waals surface area (Å²) in [5, 5.41) is 9.23. The molecular weight excluding hydrogens is 538 g/mol. The van der Waals surface area contributed by atoms with E-state index in [0.717, 1.165) is 22.0 Å². The van der Waals surface area contributed by atoms with Crippen LogP contribution in [-0.2, 0) is 9.84 Å². The van der Waals surface area contributed by atoms with Crippen LogP contribution in [-0.4, -0.2) is 63.8 Å². The second-order valence-corrected chi connectivity index (χ2v) is 13.2. The maximum Gasteiger partial charge on any atom is 0.272 e. The van der Waals surface area contributed by atoms with E-state index in [2.05, 4.69) is 45.3 Å². The number of aromatic nitrogens is 5. The smallest absolute Gasteiger partial charge is 0.272 e. The van der Waals surface area contributed by atoms with Gasteiger partial charge in [0.25, 0.3) is 5.92 Å². The third kappa shape index (κ3) is 4.99. The fraction of sp³-hybridized carbons (Fsp3) is 0.407. The van der Waals surface area contributed by atoms with Gasteiger partial charge in [0.05, 0.1) is 23.7 Å². The Balaban J connectivity index is 1.27. The number of fused-ring (bicyclic) bond motifs is 1. The molecule has 1 saturated heterocycles. The molecule has 0 radical (unpaired) electrons. The molecule has 0 bridgehead atoms. The van der Waals surface area contributed by atoms with Crippen LogP contribution in [0.15, 0.2) is 49.1 Å². The molecule has 4 aromatic rings. The minimum Gasteiger partial charge on any atom is -0.355 e. The molecule has 40 heavy (non-hydrogen) atoms. The summed E-state index contributed by atoms with van der Waals surface area (Å²) in [6, 6.07) is 6.85. The number of nitrogens with zero attached hydrogens (tertiary/aromatic N) is 6. The lowest BCUT2D eigenvalue weighted by Gasteiger charge is -2.47. The first-order chi connectivity index (χ1) is 18.9. The van der Waals surface area contributed by atoms with Crippen LogP contribution in [0, 0.1) is 5.92 Å². The lowest BCUT2D eigenvalue weighted by atomic mass is 9.92. The summed E-state index contributed by atoms with van der Waals surface area (Å²) in [6.45, 7) is 4.80. The summed E-state index contributed by atoms with van der Waals surface area (Å²) in [5.74, 6) is -1.10. The highest BCUT2D eigenvalue weighted by Gasteiger charge is 2.59. The highest BCUT2D eigenvalue weighted by atomic mass is 32.2. The van der Waals surface area contributed by atoms with Crippen LogP contribution in [0.4, 0.5) is 26.1 Å². The van der Waals surface area contributed by atoms with E-state index >= 15 is 0 Å². The maximum absolute atomic E-state index is 13.4. The van der Waals surface area contributed by atoms with Gasteiger partial charge in [0.1, 0.15) is 27.5 Å². The minimum atomic E-state index is -3.12. The summed E-state index contributed by atoms with van der Waals surface area (Å²) in [5.41, 5.74) is 8.99. The fourth-order valence-corrected chi connectivity index (χ4v) is 6.36. The second kappa shape index (κ2) is 9.44. The zero-order valence-corrected chi connectivity index (χ0v) is 23.1. The Hall–Kier alpha value is -3.71. The van der Waals surface area contributed by atoms with Crippen molar-refractivity contribution in [1.82, 2.24) is 24.7 Å². The molecule has 1 unspecified atom stereocenters. The van der Waals surface area contributed by atoms with Crippen molar-refractivity contribution >= 4 is 37.9 Å². The third-order valence-electron chi connectivity index (χ3n) is 7.52. The fourth-order valence-electron chi connectivity index (χ4n) is 5.28. The number of sulfone groups is 1. The lowest BCUT2D eigenvalue weighted by molar-refractivity contribution is 0.0983. The van der Waals surface area contributed by atoms with Crippen molar-refractivity contribution in [3.8, 4) is 11.4 Å². The molecule has 1 aliphatic carbocycles. The largest absolute Gasteiger partial charge is 0.355 e. The van der Waals surface area contributed by atoms with Crippen molar-refractivity contribution in [3.63, 3.8) is 0 Å². The number of nitrogens with two attached hydrogens (primary N) is 1. The van der Waals surface area contributed by atoms with Gasteiger partial charge in [0.15, 0.2) is 5.82 Å². The van der Waals surface area contributed by atoms with Crippen LogP contribution in [0.3, 0.4) is 0 Å². The molecule has 3 atom stereocenters. The molecule has 2 aliphatic rings. The summed E-state index contributed by atoms with van der Waals surface area (Å²) >= 11 is 0. The predicted octanol–water partition coefficient (Wildman–Crippen LogP) is 4.10. The minimum absolute atomic E-state index is 0.0633. The van der Waals surface area contributed by atoms with Gasteiger partial charge in [0.2, 0.25) is 0 Å². The van der Waals surface area contributed by atoms with E-state index in [1.54, 1.807) is 18.5 Å². The van der Waals surface area contributed by atoms with Crippen LogP contribution in [0.5, 0.6) is 0 Å². The number of rotatable bonds is 8. The maximum atomic E-state index is 13.4. The van der Waals surface area contributed by atoms with Crippen LogP contribution < -0.4 is 16.0 Å². The van der Waals surface area contributed by atoms with Gasteiger partial charge in [-0.15, -0.1) is 0 Å². The second-order valence-electron chi connectivity index (χ2n) is 11.0. The van der Waals surface area contributed by atoms with E-state index in [4.69, 9.17) is 5.73 Å². The Labute approximate surface area is 230 Å². The third-order valence-corrected chi connectivity index (χ3v) is 8.55. The quantitative estimate of drug-likeness (QED) is 0.322. The molecule has 1 aromatic carbocycles. The van der Waals surface area contributed by atoms with E-state index in [0.29, 0.717) is 29.6 Å². The molecule has 3 N–H and O–H groups in total. The van der Waals surface area contributed by atoms with Gasteiger partial charge in [-0.1, -0.05) is 19.9 Å². The lowest BCUT2D eigenvalue weighted by Crippen LogP contribution is -2.63. The Morgan fingerprint density at radius 3 is 2.60 bits per heavy atom. The van der Waals surface area contributed by atoms with Gasteiger partial charge in [-0.3, -0.25) is 4.68 Å². The summed E-state index contributed by atoms with van der Waals surface area (Å²) in [7, 11) is -3.12. The molecule has 0 amide bonds. The SMILES string of the molecule is CC(C)c1ccc(N2C[C@H](CS(C)(=O)=O)[C@H]2N)c2cnc(Nc3ccnc(-c4cnn(C5CC5(F)F)c4)n3)cc12. The normalized spacial score (nSPS) is 22.0. The van der Waals surface area contributed by atoms with E-state index in [1.807, 2.05) is 17.0 Å². The van der Waals surface area contributed by atoms with Gasteiger partial charge in [0, 0.05) is 54.8 Å². The highest BCUT2D eigenvalue weighted by molar-refractivity contribution is 7.90. The van der Waals surface area contributed by atoms with Crippen molar-refractivity contribution in [2.24, 2.45) is 11.7 Å². The molecule has 2 fully saturated rings. The van der Waals surface area contributed by atoms with E-state index in [1.165, 1.54) is 23.3 Å². The van der Waals surface area contributed by atoms with Gasteiger partial charge in [-0.2, -0.15) is 5.10 Å². The summed E-state index contributed by atoms with van der Waals surface area (Å²) in [4.78, 5) is 15.5. The molecule has 210 valence electrons. The molecular formula is C27H30F2N8O2S. The summed E-state index contributed by atoms with van der Waals surface area (Å²) < 4.78 is 51.7. The van der Waals surface area contributed by atoms with Crippen molar-refractivity contribution in [1.29, 1.82) is 0 Å². The average molecular weight is 569 g/mol. The Morgan fingerprint density at radius 1 is 1.15 bits per heavy atom.